The van der Waals surface area contributed by atoms with E-state index in [0.29, 0.717) is 16.3 Å². The molecule has 5 rings (SSSR count). The zero-order chi connectivity index (χ0) is 21.5. The number of hydrogen-bond acceptors (Lipinski definition) is 5. The van der Waals surface area contributed by atoms with Gasteiger partial charge in [-0.05, 0) is 25.1 Å². The number of fused-ring (bicyclic) bond motifs is 2. The number of nitrogens with zero attached hydrogens (tertiary/aromatic N) is 2. The van der Waals surface area contributed by atoms with Crippen molar-refractivity contribution in [3.8, 4) is 11.3 Å². The monoisotopic (exact) mass is 430 g/mol. The molecule has 2 N–H and O–H groups in total. The van der Waals surface area contributed by atoms with Crippen LogP contribution in [0.2, 0.25) is 0 Å². The lowest BCUT2D eigenvalue weighted by Crippen LogP contribution is -2.32. The summed E-state index contributed by atoms with van der Waals surface area (Å²) >= 11 is 1.33. The molecule has 0 saturated carbocycles. The third-order valence-corrected chi connectivity index (χ3v) is 6.06. The van der Waals surface area contributed by atoms with Crippen LogP contribution >= 0.6 is 11.3 Å². The fourth-order valence-electron chi connectivity index (χ4n) is 3.74. The van der Waals surface area contributed by atoms with E-state index >= 15 is 0 Å². The zero-order valence-electron chi connectivity index (χ0n) is 16.6. The number of aromatic amines is 1. The van der Waals surface area contributed by atoms with Gasteiger partial charge in [-0.2, -0.15) is 0 Å². The van der Waals surface area contributed by atoms with E-state index in [4.69, 9.17) is 0 Å². The number of thiazole rings is 1. The Bertz CT molecular complexity index is 1350. The van der Waals surface area contributed by atoms with Crippen LogP contribution in [0.5, 0.6) is 0 Å². The van der Waals surface area contributed by atoms with Crippen molar-refractivity contribution in [3.05, 3.63) is 70.7 Å². The largest absolute Gasteiger partial charge is 0.360 e. The Kier molecular flexibility index (Phi) is 4.63. The highest BCUT2D eigenvalue weighted by Crippen LogP contribution is 2.31. The molecule has 7 nitrogen and oxygen atoms in total. The molecule has 0 unspecified atom stereocenters. The molecule has 0 saturated heterocycles. The highest BCUT2D eigenvalue weighted by molar-refractivity contribution is 7.14. The van der Waals surface area contributed by atoms with Gasteiger partial charge >= 0.3 is 0 Å². The highest BCUT2D eigenvalue weighted by atomic mass is 32.1. The number of para-hydroxylation sites is 1. The second-order valence-corrected chi connectivity index (χ2v) is 8.25. The van der Waals surface area contributed by atoms with Gasteiger partial charge in [-0.3, -0.25) is 19.3 Å². The maximum absolute atomic E-state index is 12.5. The van der Waals surface area contributed by atoms with E-state index in [1.807, 2.05) is 42.8 Å². The fraction of sp³-hybridized carbons (Fsp3) is 0.130. The number of nitrogens with one attached hydrogen (secondary N) is 2. The van der Waals surface area contributed by atoms with Gasteiger partial charge in [0.05, 0.1) is 16.8 Å². The van der Waals surface area contributed by atoms with Crippen LogP contribution < -0.4 is 5.32 Å². The second-order valence-electron chi connectivity index (χ2n) is 7.39. The Morgan fingerprint density at radius 3 is 2.77 bits per heavy atom. The van der Waals surface area contributed by atoms with Crippen LogP contribution in [0.1, 0.15) is 32.7 Å². The summed E-state index contributed by atoms with van der Waals surface area (Å²) in [4.78, 5) is 46.3. The molecule has 0 fully saturated rings. The number of benzene rings is 2. The Morgan fingerprint density at radius 2 is 1.90 bits per heavy atom. The summed E-state index contributed by atoms with van der Waals surface area (Å²) in [6.45, 7) is 1.89. The normalized spacial score (nSPS) is 13.1. The van der Waals surface area contributed by atoms with E-state index in [2.05, 4.69) is 15.3 Å². The molecule has 3 heterocycles. The maximum Gasteiger partial charge on any atom is 0.261 e. The van der Waals surface area contributed by atoms with Gasteiger partial charge in [0.25, 0.3) is 11.8 Å². The lowest BCUT2D eigenvalue weighted by Gasteiger charge is -2.12. The predicted molar refractivity (Wildman–Crippen MR) is 119 cm³/mol. The molecule has 1 aliphatic rings. The fourth-order valence-corrected chi connectivity index (χ4v) is 4.47. The maximum atomic E-state index is 12.5. The summed E-state index contributed by atoms with van der Waals surface area (Å²) in [5.41, 5.74) is 4.46. The highest BCUT2D eigenvalue weighted by Gasteiger charge is 2.35. The summed E-state index contributed by atoms with van der Waals surface area (Å²) in [6, 6.07) is 13.1. The molecule has 0 bridgehead atoms. The molecule has 1 aliphatic heterocycles. The molecule has 0 atom stereocenters. The minimum atomic E-state index is -0.358. The molecular formula is C23H18N4O3S. The molecule has 2 aromatic carbocycles. The van der Waals surface area contributed by atoms with Gasteiger partial charge in [0, 0.05) is 41.0 Å². The second kappa shape index (κ2) is 7.48. The lowest BCUT2D eigenvalue weighted by atomic mass is 10.1. The summed E-state index contributed by atoms with van der Waals surface area (Å²) in [7, 11) is 0. The van der Waals surface area contributed by atoms with E-state index in [-0.39, 0.29) is 30.7 Å². The van der Waals surface area contributed by atoms with E-state index in [0.717, 1.165) is 32.6 Å². The quantitative estimate of drug-likeness (QED) is 0.463. The van der Waals surface area contributed by atoms with Crippen LogP contribution in [0.3, 0.4) is 0 Å². The first-order valence-electron chi connectivity index (χ1n) is 9.80. The van der Waals surface area contributed by atoms with Crippen molar-refractivity contribution in [2.24, 2.45) is 0 Å². The van der Waals surface area contributed by atoms with E-state index in [9.17, 15) is 14.4 Å². The van der Waals surface area contributed by atoms with Crippen molar-refractivity contribution in [3.63, 3.8) is 0 Å². The standard InChI is InChI=1S/C23H18N4O3S/c1-13-6-7-15-16(10-13)22(30)27(21(15)29)9-8-20(28)26-23-25-19(12-31-23)17-11-24-18-5-3-2-4-14(17)18/h2-7,10-12,24H,8-9H2,1H3,(H,25,26,28). The summed E-state index contributed by atoms with van der Waals surface area (Å²) in [6.07, 6.45) is 1.90. The molecule has 0 radical (unpaired) electrons. The Labute approximate surface area is 181 Å². The number of carbonyl (C=O) groups excluding carboxylic acids is 3. The van der Waals surface area contributed by atoms with Gasteiger partial charge in [0.1, 0.15) is 0 Å². The molecule has 3 amide bonds. The molecule has 4 aromatic rings. The first kappa shape index (κ1) is 19.2. The molecule has 0 spiro atoms. The summed E-state index contributed by atoms with van der Waals surface area (Å²) in [5, 5.41) is 6.19. The average molecular weight is 430 g/mol. The first-order chi connectivity index (χ1) is 15.0. The van der Waals surface area contributed by atoms with Crippen molar-refractivity contribution in [1.29, 1.82) is 0 Å². The van der Waals surface area contributed by atoms with E-state index in [1.165, 1.54) is 11.3 Å². The van der Waals surface area contributed by atoms with Crippen LogP contribution in [-0.2, 0) is 4.79 Å². The molecule has 2 aromatic heterocycles. The number of imide groups is 1. The lowest BCUT2D eigenvalue weighted by molar-refractivity contribution is -0.116. The minimum absolute atomic E-state index is 0.00640. The third kappa shape index (κ3) is 3.40. The van der Waals surface area contributed by atoms with Gasteiger partial charge in [0.2, 0.25) is 5.91 Å². The van der Waals surface area contributed by atoms with Crippen molar-refractivity contribution in [2.45, 2.75) is 13.3 Å². The SMILES string of the molecule is Cc1ccc2c(c1)C(=O)N(CCC(=O)Nc1nc(-c3c[nH]c4ccccc34)cs1)C2=O. The molecule has 154 valence electrons. The number of aromatic nitrogens is 2. The zero-order valence-corrected chi connectivity index (χ0v) is 17.5. The van der Waals surface area contributed by atoms with Crippen LogP contribution in [-0.4, -0.2) is 39.1 Å². The van der Waals surface area contributed by atoms with Crippen molar-refractivity contribution >= 4 is 45.1 Å². The number of H-pyrrole nitrogens is 1. The average Bonchev–Trinajstić information content (AvgIpc) is 3.44. The van der Waals surface area contributed by atoms with Crippen LogP contribution in [0.15, 0.2) is 54.0 Å². The number of aryl methyl sites for hydroxylation is 1. The van der Waals surface area contributed by atoms with Crippen molar-refractivity contribution < 1.29 is 14.4 Å². The molecule has 0 aliphatic carbocycles. The predicted octanol–water partition coefficient (Wildman–Crippen LogP) is 4.22. The first-order valence-corrected chi connectivity index (χ1v) is 10.7. The van der Waals surface area contributed by atoms with Crippen LogP contribution in [0, 0.1) is 6.92 Å². The minimum Gasteiger partial charge on any atom is -0.360 e. The van der Waals surface area contributed by atoms with Gasteiger partial charge < -0.3 is 10.3 Å². The number of rotatable bonds is 5. The van der Waals surface area contributed by atoms with E-state index in [1.54, 1.807) is 18.2 Å². The van der Waals surface area contributed by atoms with Gasteiger partial charge in [-0.1, -0.05) is 29.8 Å². The van der Waals surface area contributed by atoms with Gasteiger partial charge in [-0.15, -0.1) is 11.3 Å². The Morgan fingerprint density at radius 1 is 1.10 bits per heavy atom. The van der Waals surface area contributed by atoms with Crippen LogP contribution in [0.25, 0.3) is 22.2 Å². The number of amides is 3. The van der Waals surface area contributed by atoms with Crippen LogP contribution in [0.4, 0.5) is 5.13 Å². The number of carbonyl (C=O) groups is 3. The smallest absolute Gasteiger partial charge is 0.261 e. The van der Waals surface area contributed by atoms with Gasteiger partial charge in [0.15, 0.2) is 5.13 Å². The van der Waals surface area contributed by atoms with Gasteiger partial charge in [-0.25, -0.2) is 4.98 Å². The third-order valence-electron chi connectivity index (χ3n) is 5.30. The van der Waals surface area contributed by atoms with E-state index < -0.39 is 0 Å². The van der Waals surface area contributed by atoms with Crippen molar-refractivity contribution in [1.82, 2.24) is 14.9 Å². The molecular weight excluding hydrogens is 412 g/mol. The Balaban J connectivity index is 1.24. The summed E-state index contributed by atoms with van der Waals surface area (Å²) in [5.74, 6) is -1.01. The number of anilines is 1. The summed E-state index contributed by atoms with van der Waals surface area (Å²) < 4.78 is 0. The topological polar surface area (TPSA) is 95.2 Å². The molecule has 31 heavy (non-hydrogen) atoms. The number of hydrogen-bond donors (Lipinski definition) is 2. The molecule has 8 heteroatoms. The Hall–Kier alpha value is -3.78. The van der Waals surface area contributed by atoms with Crippen molar-refractivity contribution in [2.75, 3.05) is 11.9 Å².